The summed E-state index contributed by atoms with van der Waals surface area (Å²) < 4.78 is 22.0. The van der Waals surface area contributed by atoms with Gasteiger partial charge in [0.05, 0.1) is 25.7 Å². The van der Waals surface area contributed by atoms with Crippen LogP contribution in [-0.4, -0.2) is 76.9 Å². The summed E-state index contributed by atoms with van der Waals surface area (Å²) in [6.45, 7) is -0.600. The fraction of sp³-hybridized carbons (Fsp3) is 0.364. The van der Waals surface area contributed by atoms with Crippen LogP contribution >= 0.6 is 0 Å². The normalized spacial score (nSPS) is 25.1. The van der Waals surface area contributed by atoms with Gasteiger partial charge in [-0.1, -0.05) is 12.2 Å². The van der Waals surface area contributed by atoms with E-state index in [-0.39, 0.29) is 17.2 Å². The van der Waals surface area contributed by atoms with Gasteiger partial charge in [0, 0.05) is 23.8 Å². The molecule has 1 saturated heterocycles. The van der Waals surface area contributed by atoms with Crippen LogP contribution in [0.3, 0.4) is 0 Å². The molecule has 1 fully saturated rings. The Morgan fingerprint density at radius 1 is 1.03 bits per heavy atom. The maximum absolute atomic E-state index is 10.8. The topological polar surface area (TPSA) is 161 Å². The van der Waals surface area contributed by atoms with Gasteiger partial charge in [0.25, 0.3) is 5.69 Å². The fourth-order valence-corrected chi connectivity index (χ4v) is 3.29. The molecule has 178 valence electrons. The van der Waals surface area contributed by atoms with Crippen molar-refractivity contribution < 1.29 is 44.3 Å². The van der Waals surface area contributed by atoms with Crippen molar-refractivity contribution in [3.05, 3.63) is 57.6 Å². The molecular formula is C22H25NO10. The highest BCUT2D eigenvalue weighted by Gasteiger charge is 2.45. The molecule has 11 heteroatoms. The summed E-state index contributed by atoms with van der Waals surface area (Å²) in [4.78, 5) is 10.3. The third-order valence-corrected chi connectivity index (χ3v) is 5.15. The van der Waals surface area contributed by atoms with Crippen molar-refractivity contribution >= 4 is 17.8 Å². The molecule has 2 aromatic carbocycles. The van der Waals surface area contributed by atoms with Crippen LogP contribution in [0.1, 0.15) is 11.1 Å². The number of rotatable bonds is 8. The molecule has 0 aromatic heterocycles. The Kier molecular flexibility index (Phi) is 7.84. The number of aliphatic hydroxyl groups excluding tert-OH is 4. The number of nitrogens with zero attached hydrogens (tertiary/aromatic N) is 1. The Hall–Kier alpha value is -3.22. The van der Waals surface area contributed by atoms with Gasteiger partial charge in [-0.15, -0.1) is 0 Å². The highest BCUT2D eigenvalue weighted by Crippen LogP contribution is 2.39. The number of ether oxygens (including phenoxy) is 4. The SMILES string of the molecule is COc1cc(/C=C/c2ccc([N+](=O)[O-])cc2)c(OC2O[C@H](CO)[C@@H](O)[C@H](O)[C@H]2O)c(OC)c1. The summed E-state index contributed by atoms with van der Waals surface area (Å²) in [5.41, 5.74) is 1.07. The lowest BCUT2D eigenvalue weighted by atomic mass is 9.99. The monoisotopic (exact) mass is 463 g/mol. The minimum absolute atomic E-state index is 0.0400. The van der Waals surface area contributed by atoms with E-state index in [1.165, 1.54) is 26.4 Å². The predicted octanol–water partition coefficient (Wildman–Crippen LogP) is 0.961. The molecule has 4 N–H and O–H groups in total. The van der Waals surface area contributed by atoms with Crippen molar-refractivity contribution in [3.63, 3.8) is 0 Å². The summed E-state index contributed by atoms with van der Waals surface area (Å²) in [5, 5.41) is 50.6. The number of nitro benzene ring substituents is 1. The zero-order valence-corrected chi connectivity index (χ0v) is 17.9. The zero-order chi connectivity index (χ0) is 24.1. The Morgan fingerprint density at radius 3 is 2.30 bits per heavy atom. The average Bonchev–Trinajstić information content (AvgIpc) is 2.83. The second kappa shape index (κ2) is 10.6. The Morgan fingerprint density at radius 2 is 1.73 bits per heavy atom. The van der Waals surface area contributed by atoms with Crippen LogP contribution in [0.5, 0.6) is 17.2 Å². The van der Waals surface area contributed by atoms with Crippen molar-refractivity contribution in [2.45, 2.75) is 30.7 Å². The standard InChI is InChI=1S/C22H25NO10/c1-30-15-9-13(6-3-12-4-7-14(8-5-12)23(28)29)21(16(10-15)31-2)33-22-20(27)19(26)18(25)17(11-24)32-22/h3-10,17-20,22,24-27H,11H2,1-2H3/b6-3+/t17-,18-,19+,20-,22?/m1/s1. The van der Waals surface area contributed by atoms with E-state index in [1.807, 2.05) is 0 Å². The molecule has 1 unspecified atom stereocenters. The number of aliphatic hydroxyl groups is 4. The Labute approximate surface area is 189 Å². The van der Waals surface area contributed by atoms with E-state index in [0.717, 1.165) is 0 Å². The smallest absolute Gasteiger partial charge is 0.269 e. The van der Waals surface area contributed by atoms with Gasteiger partial charge in [-0.3, -0.25) is 10.1 Å². The zero-order valence-electron chi connectivity index (χ0n) is 17.9. The van der Waals surface area contributed by atoms with Gasteiger partial charge < -0.3 is 39.4 Å². The molecule has 1 heterocycles. The van der Waals surface area contributed by atoms with Crippen molar-refractivity contribution in [1.82, 2.24) is 0 Å². The molecule has 11 nitrogen and oxygen atoms in total. The largest absolute Gasteiger partial charge is 0.497 e. The molecule has 0 spiro atoms. The van der Waals surface area contributed by atoms with Gasteiger partial charge in [-0.05, 0) is 23.8 Å². The number of hydrogen-bond acceptors (Lipinski definition) is 10. The molecule has 0 radical (unpaired) electrons. The van der Waals surface area contributed by atoms with Crippen LogP contribution in [-0.2, 0) is 4.74 Å². The van der Waals surface area contributed by atoms with Crippen LogP contribution in [0.25, 0.3) is 12.2 Å². The summed E-state index contributed by atoms with van der Waals surface area (Å²) in [6.07, 6.45) is -3.98. The van der Waals surface area contributed by atoms with E-state index >= 15 is 0 Å². The molecule has 0 aliphatic carbocycles. The van der Waals surface area contributed by atoms with E-state index < -0.39 is 42.2 Å². The molecule has 0 bridgehead atoms. The number of non-ortho nitro benzene ring substituents is 1. The number of methoxy groups -OCH3 is 2. The van der Waals surface area contributed by atoms with Crippen LogP contribution in [0, 0.1) is 10.1 Å². The van der Waals surface area contributed by atoms with E-state index in [2.05, 4.69) is 0 Å². The van der Waals surface area contributed by atoms with Crippen LogP contribution < -0.4 is 14.2 Å². The number of hydrogen-bond donors (Lipinski definition) is 4. The Balaban J connectivity index is 1.96. The summed E-state index contributed by atoms with van der Waals surface area (Å²) in [6, 6.07) is 9.06. The molecule has 3 rings (SSSR count). The first-order valence-corrected chi connectivity index (χ1v) is 9.94. The number of nitro groups is 1. The minimum Gasteiger partial charge on any atom is -0.497 e. The van der Waals surface area contributed by atoms with Crippen LogP contribution in [0.4, 0.5) is 5.69 Å². The molecule has 5 atom stereocenters. The van der Waals surface area contributed by atoms with Crippen molar-refractivity contribution in [3.8, 4) is 17.2 Å². The summed E-state index contributed by atoms with van der Waals surface area (Å²) >= 11 is 0. The minimum atomic E-state index is -1.61. The van der Waals surface area contributed by atoms with Crippen LogP contribution in [0.2, 0.25) is 0 Å². The predicted molar refractivity (Wildman–Crippen MR) is 116 cm³/mol. The first kappa shape index (κ1) is 24.4. The van der Waals surface area contributed by atoms with Gasteiger partial charge >= 0.3 is 0 Å². The van der Waals surface area contributed by atoms with Crippen molar-refractivity contribution in [2.75, 3.05) is 20.8 Å². The molecule has 1 aliphatic heterocycles. The lowest BCUT2D eigenvalue weighted by Crippen LogP contribution is -2.60. The highest BCUT2D eigenvalue weighted by atomic mass is 16.7. The maximum atomic E-state index is 10.8. The third-order valence-electron chi connectivity index (χ3n) is 5.15. The molecule has 2 aromatic rings. The molecular weight excluding hydrogens is 438 g/mol. The van der Waals surface area contributed by atoms with Crippen molar-refractivity contribution in [2.24, 2.45) is 0 Å². The lowest BCUT2D eigenvalue weighted by molar-refractivity contribution is -0.384. The van der Waals surface area contributed by atoms with Gasteiger partial charge in [0.15, 0.2) is 11.5 Å². The summed E-state index contributed by atoms with van der Waals surface area (Å²) in [7, 11) is 2.87. The Bertz CT molecular complexity index is 991. The molecule has 0 amide bonds. The third kappa shape index (κ3) is 5.41. The van der Waals surface area contributed by atoms with Gasteiger partial charge in [-0.25, -0.2) is 0 Å². The quantitative estimate of drug-likeness (QED) is 0.252. The summed E-state index contributed by atoms with van der Waals surface area (Å²) in [5.74, 6) is 0.812. The van der Waals surface area contributed by atoms with E-state index in [4.69, 9.17) is 18.9 Å². The highest BCUT2D eigenvalue weighted by molar-refractivity contribution is 5.75. The average molecular weight is 463 g/mol. The first-order chi connectivity index (χ1) is 15.8. The van der Waals surface area contributed by atoms with E-state index in [9.17, 15) is 30.5 Å². The molecule has 33 heavy (non-hydrogen) atoms. The van der Waals surface area contributed by atoms with Crippen LogP contribution in [0.15, 0.2) is 36.4 Å². The second-order valence-electron chi connectivity index (χ2n) is 7.25. The lowest BCUT2D eigenvalue weighted by Gasteiger charge is -2.39. The van der Waals surface area contributed by atoms with E-state index in [1.54, 1.807) is 36.4 Å². The molecule has 0 saturated carbocycles. The fourth-order valence-electron chi connectivity index (χ4n) is 3.29. The first-order valence-electron chi connectivity index (χ1n) is 9.94. The number of benzene rings is 2. The maximum Gasteiger partial charge on any atom is 0.269 e. The van der Waals surface area contributed by atoms with Crippen molar-refractivity contribution in [1.29, 1.82) is 0 Å². The van der Waals surface area contributed by atoms with Gasteiger partial charge in [-0.2, -0.15) is 0 Å². The van der Waals surface area contributed by atoms with E-state index in [0.29, 0.717) is 16.9 Å². The van der Waals surface area contributed by atoms with Gasteiger partial charge in [0.1, 0.15) is 30.2 Å². The molecule has 1 aliphatic rings. The van der Waals surface area contributed by atoms with Gasteiger partial charge in [0.2, 0.25) is 6.29 Å². The second-order valence-corrected chi connectivity index (χ2v) is 7.25.